The van der Waals surface area contributed by atoms with Gasteiger partial charge >= 0.3 is 5.97 Å². The number of hydrogen-bond donors (Lipinski definition) is 0. The molecule has 0 bridgehead atoms. The molecule has 1 aromatic heterocycles. The Morgan fingerprint density at radius 3 is 2.45 bits per heavy atom. The Bertz CT molecular complexity index is 1110. The molecule has 0 spiro atoms. The first-order valence-electron chi connectivity index (χ1n) is 9.99. The fraction of sp³-hybridized carbons (Fsp3) is 0.261. The molecule has 0 aliphatic carbocycles. The monoisotopic (exact) mass is 439 g/mol. The van der Waals surface area contributed by atoms with Crippen LogP contribution in [0.2, 0.25) is 5.02 Å². The number of fused-ring (bicyclic) bond motifs is 1. The molecule has 0 fully saturated rings. The average Bonchev–Trinajstić information content (AvgIpc) is 3.18. The quantitative estimate of drug-likeness (QED) is 0.563. The van der Waals surface area contributed by atoms with Crippen LogP contribution < -0.4 is 4.74 Å². The van der Waals surface area contributed by atoms with Gasteiger partial charge in [0.05, 0.1) is 31.6 Å². The van der Waals surface area contributed by atoms with E-state index in [4.69, 9.17) is 21.1 Å². The van der Waals surface area contributed by atoms with Gasteiger partial charge in [-0.3, -0.25) is 4.79 Å². The number of ether oxygens (including phenoxy) is 2. The van der Waals surface area contributed by atoms with Crippen LogP contribution in [-0.4, -0.2) is 46.8 Å². The Morgan fingerprint density at radius 2 is 1.81 bits per heavy atom. The highest BCUT2D eigenvalue weighted by Gasteiger charge is 2.31. The molecule has 7 nitrogen and oxygen atoms in total. The van der Waals surface area contributed by atoms with E-state index in [1.54, 1.807) is 60.0 Å². The molecule has 1 aliphatic heterocycles. The molecule has 0 saturated heterocycles. The van der Waals surface area contributed by atoms with Crippen molar-refractivity contribution >= 4 is 23.5 Å². The number of benzene rings is 2. The summed E-state index contributed by atoms with van der Waals surface area (Å²) < 4.78 is 12.1. The van der Waals surface area contributed by atoms with E-state index in [0.717, 1.165) is 11.4 Å². The maximum atomic E-state index is 13.1. The van der Waals surface area contributed by atoms with Crippen molar-refractivity contribution in [3.63, 3.8) is 0 Å². The van der Waals surface area contributed by atoms with Crippen LogP contribution >= 0.6 is 11.6 Å². The van der Waals surface area contributed by atoms with Crippen LogP contribution in [-0.2, 0) is 17.7 Å². The first-order valence-corrected chi connectivity index (χ1v) is 10.4. The summed E-state index contributed by atoms with van der Waals surface area (Å²) >= 11 is 6.01. The van der Waals surface area contributed by atoms with Crippen molar-refractivity contribution in [1.82, 2.24) is 14.7 Å². The minimum Gasteiger partial charge on any atom is -0.497 e. The van der Waals surface area contributed by atoms with Gasteiger partial charge in [-0.05, 0) is 55.5 Å². The molecule has 2 aromatic carbocycles. The normalized spacial score (nSPS) is 12.9. The number of rotatable bonds is 5. The van der Waals surface area contributed by atoms with Crippen LogP contribution in [0.15, 0.2) is 48.5 Å². The van der Waals surface area contributed by atoms with Gasteiger partial charge in [0.25, 0.3) is 5.91 Å². The van der Waals surface area contributed by atoms with Crippen molar-refractivity contribution < 1.29 is 19.1 Å². The summed E-state index contributed by atoms with van der Waals surface area (Å²) in [6.45, 7) is 2.79. The maximum absolute atomic E-state index is 13.1. The van der Waals surface area contributed by atoms with Crippen molar-refractivity contribution in [3.8, 4) is 11.4 Å². The standard InChI is InChI=1S/C23H22ClN3O4/c1-3-31-23(29)21-19-14-26(22(28)15-4-10-18(30-2)11-5-15)13-12-20(19)27(25-21)17-8-6-16(24)7-9-17/h4-11H,3,12-14H2,1-2H3. The second kappa shape index (κ2) is 8.81. The zero-order valence-electron chi connectivity index (χ0n) is 17.3. The van der Waals surface area contributed by atoms with Crippen molar-refractivity contribution in [2.45, 2.75) is 19.9 Å². The number of esters is 1. The second-order valence-corrected chi connectivity index (χ2v) is 7.52. The average molecular weight is 440 g/mol. The number of hydrogen-bond acceptors (Lipinski definition) is 5. The van der Waals surface area contributed by atoms with Crippen LogP contribution in [0.25, 0.3) is 5.69 Å². The molecule has 1 aliphatic rings. The van der Waals surface area contributed by atoms with Gasteiger partial charge in [-0.15, -0.1) is 0 Å². The lowest BCUT2D eigenvalue weighted by Crippen LogP contribution is -2.36. The van der Waals surface area contributed by atoms with Gasteiger partial charge < -0.3 is 14.4 Å². The van der Waals surface area contributed by atoms with E-state index in [1.807, 2.05) is 12.1 Å². The lowest BCUT2D eigenvalue weighted by Gasteiger charge is -2.28. The SMILES string of the molecule is CCOC(=O)c1nn(-c2ccc(Cl)cc2)c2c1CN(C(=O)c1ccc(OC)cc1)CC2. The Morgan fingerprint density at radius 1 is 1.10 bits per heavy atom. The van der Waals surface area contributed by atoms with Crippen LogP contribution in [0.4, 0.5) is 0 Å². The molecule has 0 N–H and O–H groups in total. The van der Waals surface area contributed by atoms with Gasteiger partial charge in [0, 0.05) is 29.1 Å². The number of carbonyl (C=O) groups excluding carboxylic acids is 2. The topological polar surface area (TPSA) is 73.7 Å². The molecule has 1 amide bonds. The third kappa shape index (κ3) is 4.14. The van der Waals surface area contributed by atoms with E-state index >= 15 is 0 Å². The summed E-state index contributed by atoms with van der Waals surface area (Å²) in [5.41, 5.74) is 3.20. The molecule has 0 radical (unpaired) electrons. The molecule has 8 heteroatoms. The molecule has 31 heavy (non-hydrogen) atoms. The third-order valence-corrected chi connectivity index (χ3v) is 5.47. The summed E-state index contributed by atoms with van der Waals surface area (Å²) in [5.74, 6) is 0.0823. The predicted octanol–water partition coefficient (Wildman–Crippen LogP) is 3.91. The first-order chi connectivity index (χ1) is 15.0. The van der Waals surface area contributed by atoms with Gasteiger partial charge in [-0.1, -0.05) is 11.6 Å². The number of carbonyl (C=O) groups is 2. The van der Waals surface area contributed by atoms with E-state index in [9.17, 15) is 9.59 Å². The fourth-order valence-corrected chi connectivity index (χ4v) is 3.79. The van der Waals surface area contributed by atoms with Crippen molar-refractivity contribution in [2.75, 3.05) is 20.3 Å². The largest absolute Gasteiger partial charge is 0.497 e. The Balaban J connectivity index is 1.68. The highest BCUT2D eigenvalue weighted by Crippen LogP contribution is 2.28. The first kappa shape index (κ1) is 20.9. The van der Waals surface area contributed by atoms with Gasteiger partial charge in [0.15, 0.2) is 5.69 Å². The fourth-order valence-electron chi connectivity index (χ4n) is 3.67. The van der Waals surface area contributed by atoms with E-state index in [-0.39, 0.29) is 24.8 Å². The Hall–Kier alpha value is -3.32. The van der Waals surface area contributed by atoms with Gasteiger partial charge in [-0.25, -0.2) is 9.48 Å². The third-order valence-electron chi connectivity index (χ3n) is 5.22. The summed E-state index contributed by atoms with van der Waals surface area (Å²) in [6, 6.07) is 14.2. The van der Waals surface area contributed by atoms with E-state index < -0.39 is 5.97 Å². The molecular weight excluding hydrogens is 418 g/mol. The van der Waals surface area contributed by atoms with E-state index in [2.05, 4.69) is 5.10 Å². The molecule has 160 valence electrons. The minimum atomic E-state index is -0.495. The molecule has 0 atom stereocenters. The van der Waals surface area contributed by atoms with Crippen molar-refractivity contribution in [1.29, 1.82) is 0 Å². The maximum Gasteiger partial charge on any atom is 0.359 e. The molecule has 2 heterocycles. The molecule has 4 rings (SSSR count). The van der Waals surface area contributed by atoms with Crippen LogP contribution in [0.5, 0.6) is 5.75 Å². The van der Waals surface area contributed by atoms with Crippen LogP contribution in [0, 0.1) is 0 Å². The van der Waals surface area contributed by atoms with Crippen molar-refractivity contribution in [3.05, 3.63) is 76.1 Å². The summed E-state index contributed by atoms with van der Waals surface area (Å²) in [6.07, 6.45) is 0.562. The highest BCUT2D eigenvalue weighted by molar-refractivity contribution is 6.30. The number of aromatic nitrogens is 2. The van der Waals surface area contributed by atoms with Crippen LogP contribution in [0.1, 0.15) is 39.0 Å². The minimum absolute atomic E-state index is 0.109. The van der Waals surface area contributed by atoms with Gasteiger partial charge in [0.1, 0.15) is 5.75 Å². The second-order valence-electron chi connectivity index (χ2n) is 7.09. The lowest BCUT2D eigenvalue weighted by molar-refractivity contribution is 0.0513. The Kier molecular flexibility index (Phi) is 5.95. The zero-order valence-corrected chi connectivity index (χ0v) is 18.1. The van der Waals surface area contributed by atoms with E-state index in [1.165, 1.54) is 0 Å². The van der Waals surface area contributed by atoms with Crippen LogP contribution in [0.3, 0.4) is 0 Å². The highest BCUT2D eigenvalue weighted by atomic mass is 35.5. The number of methoxy groups -OCH3 is 1. The lowest BCUT2D eigenvalue weighted by atomic mass is 10.0. The molecule has 0 unspecified atom stereocenters. The number of halogens is 1. The molecular formula is C23H22ClN3O4. The summed E-state index contributed by atoms with van der Waals surface area (Å²) in [5, 5.41) is 5.16. The summed E-state index contributed by atoms with van der Waals surface area (Å²) in [7, 11) is 1.58. The number of nitrogens with zero attached hydrogens (tertiary/aromatic N) is 3. The van der Waals surface area contributed by atoms with Crippen molar-refractivity contribution in [2.24, 2.45) is 0 Å². The zero-order chi connectivity index (χ0) is 22.0. The summed E-state index contributed by atoms with van der Waals surface area (Å²) in [4.78, 5) is 27.4. The molecule has 3 aromatic rings. The van der Waals surface area contributed by atoms with Gasteiger partial charge in [-0.2, -0.15) is 5.10 Å². The predicted molar refractivity (Wildman–Crippen MR) is 116 cm³/mol. The Labute approximate surface area is 185 Å². The molecule has 0 saturated carbocycles. The smallest absolute Gasteiger partial charge is 0.359 e. The van der Waals surface area contributed by atoms with E-state index in [0.29, 0.717) is 34.9 Å². The number of amides is 1. The van der Waals surface area contributed by atoms with Gasteiger partial charge in [0.2, 0.25) is 0 Å².